The summed E-state index contributed by atoms with van der Waals surface area (Å²) in [6.07, 6.45) is 8.80. The zero-order valence-electron chi connectivity index (χ0n) is 23.7. The number of likely N-dealkylation sites (N-methyl/N-ethyl adjacent to an activating group) is 1. The van der Waals surface area contributed by atoms with Crippen LogP contribution in [0.4, 0.5) is 0 Å². The van der Waals surface area contributed by atoms with E-state index in [1.54, 1.807) is 6.08 Å². The summed E-state index contributed by atoms with van der Waals surface area (Å²) in [4.78, 5) is 41.2. The zero-order chi connectivity index (χ0) is 27.7. The van der Waals surface area contributed by atoms with Crippen LogP contribution in [0, 0.1) is 12.8 Å². The molecule has 39 heavy (non-hydrogen) atoms. The van der Waals surface area contributed by atoms with Crippen LogP contribution in [0.25, 0.3) is 11.3 Å². The molecule has 1 atom stereocenters. The highest BCUT2D eigenvalue weighted by atomic mass is 16.3. The zero-order valence-corrected chi connectivity index (χ0v) is 23.7. The predicted octanol–water partition coefficient (Wildman–Crippen LogP) is 4.74. The van der Waals surface area contributed by atoms with E-state index in [1.807, 2.05) is 19.1 Å². The van der Waals surface area contributed by atoms with Gasteiger partial charge in [-0.1, -0.05) is 39.0 Å². The maximum atomic E-state index is 13.4. The molecule has 0 bridgehead atoms. The molecule has 1 aromatic carbocycles. The van der Waals surface area contributed by atoms with Gasteiger partial charge in [-0.05, 0) is 80.7 Å². The topological polar surface area (TPSA) is 91.7 Å². The molecular weight excluding hydrogens is 490 g/mol. The summed E-state index contributed by atoms with van der Waals surface area (Å²) in [5.74, 6) is 0.700. The number of fused-ring (bicyclic) bond motifs is 5. The molecular formula is C32H41N3O4. The number of carbonyl (C=O) groups excluding carboxylic acids is 3. The van der Waals surface area contributed by atoms with Crippen molar-refractivity contribution in [1.29, 1.82) is 0 Å². The largest absolute Gasteiger partial charge is 0.459 e. The van der Waals surface area contributed by atoms with Crippen molar-refractivity contribution in [1.82, 2.24) is 15.5 Å². The van der Waals surface area contributed by atoms with Crippen LogP contribution >= 0.6 is 0 Å². The lowest BCUT2D eigenvalue weighted by Gasteiger charge is -2.34. The molecule has 208 valence electrons. The van der Waals surface area contributed by atoms with E-state index < -0.39 is 11.6 Å². The predicted molar refractivity (Wildman–Crippen MR) is 152 cm³/mol. The summed E-state index contributed by atoms with van der Waals surface area (Å²) in [5, 5.41) is 6.34. The minimum absolute atomic E-state index is 0.0175. The van der Waals surface area contributed by atoms with Crippen LogP contribution in [-0.4, -0.2) is 55.1 Å². The Morgan fingerprint density at radius 2 is 2.00 bits per heavy atom. The van der Waals surface area contributed by atoms with Gasteiger partial charge in [0.05, 0.1) is 12.1 Å². The Hall–Kier alpha value is -3.03. The number of furan rings is 1. The highest BCUT2D eigenvalue weighted by Gasteiger charge is 2.40. The number of hydrogen-bond donors (Lipinski definition) is 2. The highest BCUT2D eigenvalue weighted by molar-refractivity contribution is 6.53. The lowest BCUT2D eigenvalue weighted by molar-refractivity contribution is -0.116. The van der Waals surface area contributed by atoms with Gasteiger partial charge < -0.3 is 15.1 Å². The van der Waals surface area contributed by atoms with Crippen molar-refractivity contribution < 1.29 is 18.8 Å². The maximum Gasteiger partial charge on any atom is 0.243 e. The van der Waals surface area contributed by atoms with E-state index in [9.17, 15) is 14.4 Å². The second-order valence-corrected chi connectivity index (χ2v) is 11.9. The Bertz CT molecular complexity index is 1310. The third-order valence-corrected chi connectivity index (χ3v) is 8.82. The van der Waals surface area contributed by atoms with E-state index in [0.717, 1.165) is 68.4 Å². The number of benzene rings is 1. The third kappa shape index (κ3) is 5.39. The highest BCUT2D eigenvalue weighted by Crippen LogP contribution is 2.45. The van der Waals surface area contributed by atoms with Gasteiger partial charge in [-0.15, -0.1) is 0 Å². The van der Waals surface area contributed by atoms with E-state index in [0.29, 0.717) is 48.2 Å². The number of amides is 1. The molecule has 3 aliphatic rings. The van der Waals surface area contributed by atoms with Gasteiger partial charge in [0, 0.05) is 36.3 Å². The first-order chi connectivity index (χ1) is 18.7. The van der Waals surface area contributed by atoms with Crippen LogP contribution in [0.3, 0.4) is 0 Å². The number of piperidine rings is 1. The first kappa shape index (κ1) is 27.5. The standard InChI is InChI=1S/C32H41N3O4/c1-5-35(17-16-34-26(36)13-10-21-8-7-15-33-18-21)19-25-20(2)27-29(37)30(38)28-22-9-6-14-32(3,4)24(22)12-11-23(28)31(27)39-25/h10-13,21,33H,5-9,14-19H2,1-4H3,(H,34,36)/b13-10+. The molecule has 7 heteroatoms. The lowest BCUT2D eigenvalue weighted by Crippen LogP contribution is -2.34. The fraction of sp³-hybridized carbons (Fsp3) is 0.531. The minimum Gasteiger partial charge on any atom is -0.459 e. The summed E-state index contributed by atoms with van der Waals surface area (Å²) >= 11 is 0. The molecule has 1 aliphatic heterocycles. The molecule has 1 unspecified atom stereocenters. The Morgan fingerprint density at radius 3 is 2.74 bits per heavy atom. The molecule has 5 rings (SSSR count). The minimum atomic E-state index is -0.461. The monoisotopic (exact) mass is 531 g/mol. The van der Waals surface area contributed by atoms with Crippen molar-refractivity contribution in [2.24, 2.45) is 5.92 Å². The van der Waals surface area contributed by atoms with Gasteiger partial charge in [0.2, 0.25) is 17.5 Å². The van der Waals surface area contributed by atoms with Gasteiger partial charge in [0.25, 0.3) is 0 Å². The van der Waals surface area contributed by atoms with Crippen LogP contribution in [0.5, 0.6) is 0 Å². The van der Waals surface area contributed by atoms with Gasteiger partial charge in [0.15, 0.2) is 0 Å². The van der Waals surface area contributed by atoms with Crippen LogP contribution in [0.15, 0.2) is 28.7 Å². The summed E-state index contributed by atoms with van der Waals surface area (Å²) in [6, 6.07) is 4.10. The van der Waals surface area contributed by atoms with Crippen LogP contribution in [-0.2, 0) is 23.2 Å². The Kier molecular flexibility index (Phi) is 7.92. The molecule has 2 N–H and O–H groups in total. The van der Waals surface area contributed by atoms with Crippen molar-refractivity contribution >= 4 is 17.5 Å². The van der Waals surface area contributed by atoms with Crippen LogP contribution in [0.2, 0.25) is 0 Å². The van der Waals surface area contributed by atoms with Gasteiger partial charge in [0.1, 0.15) is 11.5 Å². The quantitative estimate of drug-likeness (QED) is 0.378. The molecule has 1 fully saturated rings. The normalized spacial score (nSPS) is 20.2. The van der Waals surface area contributed by atoms with Crippen molar-refractivity contribution in [3.8, 4) is 11.3 Å². The molecule has 2 aromatic rings. The summed E-state index contributed by atoms with van der Waals surface area (Å²) in [7, 11) is 0. The number of nitrogens with one attached hydrogen (secondary N) is 2. The van der Waals surface area contributed by atoms with E-state index in [-0.39, 0.29) is 11.3 Å². The molecule has 2 aliphatic carbocycles. The van der Waals surface area contributed by atoms with Crippen molar-refractivity contribution in [3.63, 3.8) is 0 Å². The Balaban J connectivity index is 1.30. The number of ketones is 2. The molecule has 1 saturated heterocycles. The number of carbonyl (C=O) groups is 3. The molecule has 0 saturated carbocycles. The van der Waals surface area contributed by atoms with Gasteiger partial charge in [-0.2, -0.15) is 0 Å². The second kappa shape index (κ2) is 11.2. The van der Waals surface area contributed by atoms with Crippen molar-refractivity contribution in [2.75, 3.05) is 32.7 Å². The van der Waals surface area contributed by atoms with E-state index in [2.05, 4.69) is 42.4 Å². The molecule has 1 aromatic heterocycles. The number of rotatable bonds is 8. The SMILES string of the molecule is CCN(CCNC(=O)/C=C/C1CCCNC1)Cc1oc2c(c1C)C(=O)C(=O)c1c-2ccc2c1CCCC2(C)C. The molecule has 7 nitrogen and oxygen atoms in total. The lowest BCUT2D eigenvalue weighted by atomic mass is 9.69. The van der Waals surface area contributed by atoms with Gasteiger partial charge in [-0.3, -0.25) is 19.3 Å². The average molecular weight is 532 g/mol. The molecule has 0 spiro atoms. The Labute approximate surface area is 231 Å². The van der Waals surface area contributed by atoms with E-state index >= 15 is 0 Å². The molecule has 1 amide bonds. The summed E-state index contributed by atoms with van der Waals surface area (Å²) < 4.78 is 6.37. The van der Waals surface area contributed by atoms with E-state index in [4.69, 9.17) is 4.42 Å². The molecule has 2 heterocycles. The smallest absolute Gasteiger partial charge is 0.243 e. The third-order valence-electron chi connectivity index (χ3n) is 8.82. The van der Waals surface area contributed by atoms with Gasteiger partial charge in [-0.25, -0.2) is 0 Å². The second-order valence-electron chi connectivity index (χ2n) is 11.9. The van der Waals surface area contributed by atoms with Crippen LogP contribution < -0.4 is 10.6 Å². The van der Waals surface area contributed by atoms with Crippen LogP contribution in [0.1, 0.15) is 89.6 Å². The number of Topliss-reactive ketones (excluding diaryl/α,β-unsaturated/α-hetero) is 2. The van der Waals surface area contributed by atoms with Gasteiger partial charge >= 0.3 is 0 Å². The van der Waals surface area contributed by atoms with Crippen molar-refractivity contribution in [3.05, 3.63) is 57.9 Å². The molecule has 0 radical (unpaired) electrons. The first-order valence-corrected chi connectivity index (χ1v) is 14.5. The number of nitrogens with zero attached hydrogens (tertiary/aromatic N) is 1. The Morgan fingerprint density at radius 1 is 1.21 bits per heavy atom. The number of hydrogen-bond acceptors (Lipinski definition) is 6. The van der Waals surface area contributed by atoms with E-state index in [1.165, 1.54) is 5.56 Å². The van der Waals surface area contributed by atoms with Crippen molar-refractivity contribution in [2.45, 2.75) is 71.8 Å². The fourth-order valence-electron chi connectivity index (χ4n) is 6.45. The fourth-order valence-corrected chi connectivity index (χ4v) is 6.45. The first-order valence-electron chi connectivity index (χ1n) is 14.5. The maximum absolute atomic E-state index is 13.4. The average Bonchev–Trinajstić information content (AvgIpc) is 3.25. The summed E-state index contributed by atoms with van der Waals surface area (Å²) in [6.45, 7) is 12.8. The summed E-state index contributed by atoms with van der Waals surface area (Å²) in [5.41, 5.74) is 4.60.